The van der Waals surface area contributed by atoms with Crippen LogP contribution in [0.3, 0.4) is 0 Å². The van der Waals surface area contributed by atoms with Gasteiger partial charge in [0, 0.05) is 42.5 Å². The minimum absolute atomic E-state index is 0.0526. The second-order valence-electron chi connectivity index (χ2n) is 21.7. The molecule has 0 atom stereocenters. The van der Waals surface area contributed by atoms with Crippen LogP contribution in [0.1, 0.15) is 126 Å². The monoisotopic (exact) mass is 946 g/mol. The van der Waals surface area contributed by atoms with Crippen molar-refractivity contribution in [1.29, 1.82) is 0 Å². The summed E-state index contributed by atoms with van der Waals surface area (Å²) < 4.78 is 2.18. The van der Waals surface area contributed by atoms with E-state index in [0.29, 0.717) is 11.8 Å². The van der Waals surface area contributed by atoms with Crippen LogP contribution in [-0.4, -0.2) is 0 Å². The molecule has 2 fully saturated rings. The summed E-state index contributed by atoms with van der Waals surface area (Å²) in [7, 11) is 0. The Hall–Kier alpha value is -4.12. The molecule has 6 aromatic carbocycles. The van der Waals surface area contributed by atoms with Crippen LogP contribution in [-0.2, 0) is 21.7 Å². The maximum absolute atomic E-state index is 3.74. The lowest BCUT2D eigenvalue weighted by atomic mass is 9.55. The molecule has 2 nitrogen and oxygen atoms in total. The van der Waals surface area contributed by atoms with Gasteiger partial charge in [-0.2, -0.15) is 0 Å². The third kappa shape index (κ3) is 7.02. The number of fused-ring (bicyclic) bond motifs is 3. The molecule has 0 aromatic heterocycles. The smallest absolute Gasteiger partial charge is 0.0520 e. The molecule has 0 N–H and O–H groups in total. The van der Waals surface area contributed by atoms with Crippen LogP contribution in [0.5, 0.6) is 0 Å². The number of halogens is 2. The molecule has 0 aliphatic heterocycles. The van der Waals surface area contributed by atoms with E-state index < -0.39 is 0 Å². The second kappa shape index (κ2) is 15.3. The van der Waals surface area contributed by atoms with Gasteiger partial charge in [0.1, 0.15) is 0 Å². The lowest BCUT2D eigenvalue weighted by molar-refractivity contribution is 0.299. The normalized spacial score (nSPS) is 21.6. The summed E-state index contributed by atoms with van der Waals surface area (Å²) in [6, 6.07) is 42.5. The van der Waals surface area contributed by atoms with Crippen LogP contribution in [0.15, 0.2) is 118 Å². The predicted molar refractivity (Wildman–Crippen MR) is 273 cm³/mol. The molecular formula is C58H64Br2N2. The Labute approximate surface area is 389 Å². The number of hydrogen-bond acceptors (Lipinski definition) is 2. The fourth-order valence-electron chi connectivity index (χ4n) is 12.5. The highest BCUT2D eigenvalue weighted by Gasteiger charge is 2.65. The zero-order valence-electron chi connectivity index (χ0n) is 39.0. The highest BCUT2D eigenvalue weighted by molar-refractivity contribution is 9.10. The highest BCUT2D eigenvalue weighted by atomic mass is 79.9. The van der Waals surface area contributed by atoms with Gasteiger partial charge in [0.05, 0.1) is 11.4 Å². The van der Waals surface area contributed by atoms with E-state index in [-0.39, 0.29) is 21.7 Å². The van der Waals surface area contributed by atoms with Crippen LogP contribution in [0.2, 0.25) is 0 Å². The van der Waals surface area contributed by atoms with Crippen molar-refractivity contribution in [1.82, 2.24) is 0 Å². The predicted octanol–water partition coefficient (Wildman–Crippen LogP) is 18.0. The van der Waals surface area contributed by atoms with Gasteiger partial charge >= 0.3 is 0 Å². The van der Waals surface area contributed by atoms with Gasteiger partial charge in [-0.1, -0.05) is 124 Å². The first-order valence-electron chi connectivity index (χ1n) is 22.8. The van der Waals surface area contributed by atoms with Gasteiger partial charge in [-0.15, -0.1) is 0 Å². The SMILES string of the molecule is Cc1cc(C(C)(C)C)cc(C)c1N(c1ccc(Br)cc1)c1ccc2c(c1)[C@]13C[C@H](C)C[C@]1(C[C@H](C)C3)c1cc(N(c3ccc(Br)cc3)c3c(C)cc(C(C)(C)C)cc3C)ccc1-2. The third-order valence-corrected chi connectivity index (χ3v) is 15.9. The fourth-order valence-corrected chi connectivity index (χ4v) is 13.0. The van der Waals surface area contributed by atoms with Crippen molar-refractivity contribution in [2.75, 3.05) is 9.80 Å². The summed E-state index contributed by atoms with van der Waals surface area (Å²) in [6.45, 7) is 28.2. The van der Waals surface area contributed by atoms with Crippen molar-refractivity contribution >= 4 is 66.0 Å². The molecule has 320 valence electrons. The number of nitrogens with zero attached hydrogens (tertiary/aromatic N) is 2. The average Bonchev–Trinajstić information content (AvgIpc) is 3.65. The van der Waals surface area contributed by atoms with Crippen molar-refractivity contribution < 1.29 is 0 Å². The molecule has 2 saturated carbocycles. The summed E-state index contributed by atoms with van der Waals surface area (Å²) in [4.78, 5) is 5.09. The summed E-state index contributed by atoms with van der Waals surface area (Å²) in [5, 5.41) is 0. The summed E-state index contributed by atoms with van der Waals surface area (Å²) >= 11 is 7.48. The zero-order chi connectivity index (χ0) is 44.3. The number of aryl methyl sites for hydroxylation is 4. The second-order valence-corrected chi connectivity index (χ2v) is 23.5. The van der Waals surface area contributed by atoms with Gasteiger partial charge in [-0.3, -0.25) is 0 Å². The molecule has 3 aliphatic rings. The van der Waals surface area contributed by atoms with E-state index in [0.717, 1.165) is 8.95 Å². The van der Waals surface area contributed by atoms with Crippen LogP contribution in [0, 0.1) is 39.5 Å². The fraction of sp³-hybridized carbons (Fsp3) is 0.379. The Morgan fingerprint density at radius 2 is 0.726 bits per heavy atom. The van der Waals surface area contributed by atoms with E-state index in [1.54, 1.807) is 11.1 Å². The molecule has 0 unspecified atom stereocenters. The van der Waals surface area contributed by atoms with E-state index in [9.17, 15) is 0 Å². The third-order valence-electron chi connectivity index (χ3n) is 14.9. The van der Waals surface area contributed by atoms with E-state index in [1.807, 2.05) is 0 Å². The maximum atomic E-state index is 3.74. The molecule has 6 aromatic rings. The Morgan fingerprint density at radius 3 is 1.02 bits per heavy atom. The molecular weight excluding hydrogens is 884 g/mol. The maximum Gasteiger partial charge on any atom is 0.0520 e. The first kappa shape index (κ1) is 43.1. The molecule has 9 rings (SSSR count). The number of anilines is 6. The number of benzene rings is 6. The van der Waals surface area contributed by atoms with E-state index in [4.69, 9.17) is 0 Å². The molecule has 0 spiro atoms. The van der Waals surface area contributed by atoms with Crippen molar-refractivity contribution in [2.24, 2.45) is 11.8 Å². The molecule has 3 aliphatic carbocycles. The lowest BCUT2D eigenvalue weighted by Gasteiger charge is -2.48. The average molecular weight is 949 g/mol. The molecule has 0 heterocycles. The van der Waals surface area contributed by atoms with Crippen molar-refractivity contribution in [3.8, 4) is 11.1 Å². The summed E-state index contributed by atoms with van der Waals surface area (Å²) in [5.74, 6) is 1.25. The van der Waals surface area contributed by atoms with Crippen LogP contribution >= 0.6 is 31.9 Å². The van der Waals surface area contributed by atoms with Gasteiger partial charge in [-0.05, 0) is 204 Å². The minimum atomic E-state index is 0.0526. The van der Waals surface area contributed by atoms with E-state index in [1.165, 1.54) is 104 Å². The first-order chi connectivity index (χ1) is 29.2. The highest BCUT2D eigenvalue weighted by Crippen LogP contribution is 2.72. The molecule has 0 saturated heterocycles. The van der Waals surface area contributed by atoms with Gasteiger partial charge < -0.3 is 9.80 Å². The zero-order valence-corrected chi connectivity index (χ0v) is 42.2. The Morgan fingerprint density at radius 1 is 0.435 bits per heavy atom. The van der Waals surface area contributed by atoms with Crippen molar-refractivity contribution in [3.63, 3.8) is 0 Å². The van der Waals surface area contributed by atoms with E-state index >= 15 is 0 Å². The van der Waals surface area contributed by atoms with Gasteiger partial charge in [-0.25, -0.2) is 0 Å². The van der Waals surface area contributed by atoms with Crippen molar-refractivity contribution in [2.45, 2.75) is 130 Å². The number of rotatable bonds is 6. The first-order valence-corrected chi connectivity index (χ1v) is 24.4. The van der Waals surface area contributed by atoms with E-state index in [2.05, 4.69) is 234 Å². The van der Waals surface area contributed by atoms with Crippen molar-refractivity contribution in [3.05, 3.63) is 163 Å². The Bertz CT molecular complexity index is 2460. The quantitative estimate of drug-likeness (QED) is 0.164. The number of hydrogen-bond donors (Lipinski definition) is 0. The molecule has 0 amide bonds. The summed E-state index contributed by atoms with van der Waals surface area (Å²) in [5.41, 5.74) is 21.6. The standard InChI is InChI=1S/C58H64Br2N2/c1-35-31-57-33-36(2)34-58(57,32-35)52-30-48(62(46-19-15-44(60)16-20-46)54-39(5)27-42(28-40(54)6)56(10,11)12)22-24-50(52)49-23-21-47(29-51(49)57)61(45-17-13-43(59)14-18-45)53-37(3)25-41(26-38(53)4)55(7,8)9/h13-30,35-36H,31-34H2,1-12H3/t35-,36+,57+,58-. The summed E-state index contributed by atoms with van der Waals surface area (Å²) in [6.07, 6.45) is 4.88. The Kier molecular flexibility index (Phi) is 10.6. The van der Waals surface area contributed by atoms with Gasteiger partial charge in [0.15, 0.2) is 0 Å². The van der Waals surface area contributed by atoms with Crippen LogP contribution < -0.4 is 9.80 Å². The van der Waals surface area contributed by atoms with Crippen LogP contribution in [0.25, 0.3) is 11.1 Å². The Balaban J connectivity index is 1.27. The minimum Gasteiger partial charge on any atom is -0.310 e. The molecule has 4 heteroatoms. The molecule has 0 radical (unpaired) electrons. The molecule has 0 bridgehead atoms. The molecule has 62 heavy (non-hydrogen) atoms. The van der Waals surface area contributed by atoms with Gasteiger partial charge in [0.2, 0.25) is 0 Å². The largest absolute Gasteiger partial charge is 0.310 e. The lowest BCUT2D eigenvalue weighted by Crippen LogP contribution is -2.43. The van der Waals surface area contributed by atoms with Gasteiger partial charge in [0.25, 0.3) is 0 Å². The topological polar surface area (TPSA) is 6.48 Å². The van der Waals surface area contributed by atoms with Crippen LogP contribution in [0.4, 0.5) is 34.1 Å².